The van der Waals surface area contributed by atoms with Crippen molar-refractivity contribution in [1.82, 2.24) is 14.1 Å². The highest BCUT2D eigenvalue weighted by molar-refractivity contribution is 6.31. The molecule has 2 aromatic heterocycles. The molecule has 0 spiro atoms. The molecule has 0 radical (unpaired) electrons. The molecular weight excluding hydrogens is 432 g/mol. The SMILES string of the molecule is Cc1ccc(C#N)cc1-n1c(=N)n(C)c2cnc3ccc(-c4ccc(Cl)c(C#N)c4)cc3c21. The van der Waals surface area contributed by atoms with Crippen molar-refractivity contribution in [2.45, 2.75) is 6.92 Å². The molecule has 0 aliphatic heterocycles. The molecule has 7 heteroatoms. The van der Waals surface area contributed by atoms with Crippen molar-refractivity contribution in [3.8, 4) is 29.0 Å². The van der Waals surface area contributed by atoms with Gasteiger partial charge in [0.2, 0.25) is 5.62 Å². The molecule has 0 fully saturated rings. The Kier molecular flexibility index (Phi) is 4.74. The van der Waals surface area contributed by atoms with Gasteiger partial charge in [0, 0.05) is 12.4 Å². The molecule has 0 saturated heterocycles. The van der Waals surface area contributed by atoms with E-state index in [9.17, 15) is 10.5 Å². The van der Waals surface area contributed by atoms with Crippen molar-refractivity contribution in [2.24, 2.45) is 7.05 Å². The van der Waals surface area contributed by atoms with Gasteiger partial charge in [-0.25, -0.2) is 0 Å². The second-order valence-electron chi connectivity index (χ2n) is 7.86. The van der Waals surface area contributed by atoms with E-state index in [0.717, 1.165) is 44.3 Å². The predicted octanol–water partition coefficient (Wildman–Crippen LogP) is 5.37. The second-order valence-corrected chi connectivity index (χ2v) is 8.27. The van der Waals surface area contributed by atoms with Crippen LogP contribution in [0.25, 0.3) is 38.8 Å². The second kappa shape index (κ2) is 7.63. The minimum atomic E-state index is 0.279. The molecule has 5 rings (SSSR count). The topological polar surface area (TPSA) is 94.2 Å². The molecule has 0 atom stereocenters. The van der Waals surface area contributed by atoms with Crippen LogP contribution >= 0.6 is 11.6 Å². The Bertz CT molecular complexity index is 1740. The van der Waals surface area contributed by atoms with Gasteiger partial charge in [0.05, 0.1) is 50.7 Å². The summed E-state index contributed by atoms with van der Waals surface area (Å²) in [6.45, 7) is 1.97. The first-order valence-corrected chi connectivity index (χ1v) is 10.6. The van der Waals surface area contributed by atoms with Gasteiger partial charge in [0.1, 0.15) is 6.07 Å². The molecule has 1 N–H and O–H groups in total. The molecule has 2 heterocycles. The number of benzene rings is 3. The van der Waals surface area contributed by atoms with E-state index in [1.807, 2.05) is 48.9 Å². The molecule has 0 aliphatic rings. The lowest BCUT2D eigenvalue weighted by Crippen LogP contribution is -2.21. The van der Waals surface area contributed by atoms with Crippen LogP contribution in [0.3, 0.4) is 0 Å². The Hall–Kier alpha value is -4.39. The summed E-state index contributed by atoms with van der Waals surface area (Å²) in [7, 11) is 1.83. The van der Waals surface area contributed by atoms with E-state index in [1.165, 1.54) is 0 Å². The summed E-state index contributed by atoms with van der Waals surface area (Å²) in [6, 6.07) is 21.1. The summed E-state index contributed by atoms with van der Waals surface area (Å²) in [5.41, 5.74) is 7.16. The quantitative estimate of drug-likeness (QED) is 0.393. The van der Waals surface area contributed by atoms with Gasteiger partial charge in [0.15, 0.2) is 0 Å². The third-order valence-electron chi connectivity index (χ3n) is 5.93. The first-order chi connectivity index (χ1) is 15.9. The van der Waals surface area contributed by atoms with Gasteiger partial charge in [-0.2, -0.15) is 10.5 Å². The predicted molar refractivity (Wildman–Crippen MR) is 128 cm³/mol. The van der Waals surface area contributed by atoms with Crippen molar-refractivity contribution in [1.29, 1.82) is 15.9 Å². The van der Waals surface area contributed by atoms with Gasteiger partial charge in [-0.05, 0) is 60.0 Å². The monoisotopic (exact) mass is 448 g/mol. The van der Waals surface area contributed by atoms with E-state index in [0.29, 0.717) is 16.1 Å². The zero-order chi connectivity index (χ0) is 23.3. The fraction of sp³-hybridized carbons (Fsp3) is 0.0769. The fourth-order valence-electron chi connectivity index (χ4n) is 4.14. The smallest absolute Gasteiger partial charge is 0.207 e. The maximum atomic E-state index is 9.43. The number of imidazole rings is 1. The summed E-state index contributed by atoms with van der Waals surface area (Å²) < 4.78 is 3.64. The van der Waals surface area contributed by atoms with E-state index >= 15 is 0 Å². The van der Waals surface area contributed by atoms with Crippen molar-refractivity contribution >= 4 is 33.5 Å². The number of nitriles is 2. The third kappa shape index (κ3) is 3.17. The van der Waals surface area contributed by atoms with Crippen molar-refractivity contribution < 1.29 is 0 Å². The molecule has 5 aromatic rings. The summed E-state index contributed by atoms with van der Waals surface area (Å²) >= 11 is 6.12. The molecule has 158 valence electrons. The highest BCUT2D eigenvalue weighted by atomic mass is 35.5. The Morgan fingerprint density at radius 2 is 1.73 bits per heavy atom. The van der Waals surface area contributed by atoms with E-state index in [-0.39, 0.29) is 5.62 Å². The number of nitrogens with zero attached hydrogens (tertiary/aromatic N) is 5. The van der Waals surface area contributed by atoms with Crippen LogP contribution in [0, 0.1) is 35.0 Å². The van der Waals surface area contributed by atoms with Crippen LogP contribution in [0.2, 0.25) is 5.02 Å². The molecule has 3 aromatic carbocycles. The van der Waals surface area contributed by atoms with Crippen LogP contribution in [0.1, 0.15) is 16.7 Å². The molecule has 33 heavy (non-hydrogen) atoms. The van der Waals surface area contributed by atoms with Gasteiger partial charge in [-0.15, -0.1) is 0 Å². The molecule has 0 unspecified atom stereocenters. The van der Waals surface area contributed by atoms with E-state index in [1.54, 1.807) is 35.0 Å². The standard InChI is InChI=1S/C26H17ClN6/c1-15-3-4-16(12-28)9-23(15)33-25-20-11-18(17-5-7-21(27)19(10-17)13-29)6-8-22(20)31-14-24(25)32(2)26(33)30/h3-11,14,30H,1-2H3. The lowest BCUT2D eigenvalue weighted by Gasteiger charge is -2.11. The van der Waals surface area contributed by atoms with Crippen molar-refractivity contribution in [3.63, 3.8) is 0 Å². The first-order valence-electron chi connectivity index (χ1n) is 10.2. The summed E-state index contributed by atoms with van der Waals surface area (Å²) in [4.78, 5) is 4.61. The number of pyridine rings is 1. The van der Waals surface area contributed by atoms with Crippen LogP contribution < -0.4 is 5.62 Å². The van der Waals surface area contributed by atoms with Crippen molar-refractivity contribution in [3.05, 3.63) is 88.1 Å². The van der Waals surface area contributed by atoms with Gasteiger partial charge in [-0.1, -0.05) is 29.8 Å². The van der Waals surface area contributed by atoms with Gasteiger partial charge in [-0.3, -0.25) is 15.0 Å². The Morgan fingerprint density at radius 3 is 2.48 bits per heavy atom. The number of aromatic nitrogens is 3. The zero-order valence-electron chi connectivity index (χ0n) is 17.9. The molecule has 6 nitrogen and oxygen atoms in total. The minimum absolute atomic E-state index is 0.279. The molecule has 0 amide bonds. The maximum absolute atomic E-state index is 9.43. The van der Waals surface area contributed by atoms with E-state index in [2.05, 4.69) is 17.1 Å². The normalized spacial score (nSPS) is 10.9. The van der Waals surface area contributed by atoms with Crippen LogP contribution in [-0.2, 0) is 7.05 Å². The molecular formula is C26H17ClN6. The van der Waals surface area contributed by atoms with Crippen LogP contribution in [0.4, 0.5) is 0 Å². The van der Waals surface area contributed by atoms with E-state index in [4.69, 9.17) is 17.0 Å². The lowest BCUT2D eigenvalue weighted by molar-refractivity contribution is 0.786. The van der Waals surface area contributed by atoms with E-state index < -0.39 is 0 Å². The first kappa shape index (κ1) is 20.5. The Morgan fingerprint density at radius 1 is 0.970 bits per heavy atom. The Balaban J connectivity index is 1.88. The minimum Gasteiger partial charge on any atom is -0.312 e. The number of fused-ring (bicyclic) bond motifs is 3. The number of aryl methyl sites for hydroxylation is 2. The molecule has 0 saturated carbocycles. The van der Waals surface area contributed by atoms with Gasteiger partial charge >= 0.3 is 0 Å². The van der Waals surface area contributed by atoms with Crippen LogP contribution in [0.5, 0.6) is 0 Å². The summed E-state index contributed by atoms with van der Waals surface area (Å²) in [5.74, 6) is 0. The van der Waals surface area contributed by atoms with Crippen LogP contribution in [0.15, 0.2) is 60.8 Å². The number of halogens is 1. The zero-order valence-corrected chi connectivity index (χ0v) is 18.6. The number of rotatable bonds is 2. The molecule has 0 bridgehead atoms. The van der Waals surface area contributed by atoms with Crippen LogP contribution in [-0.4, -0.2) is 14.1 Å². The molecule has 0 aliphatic carbocycles. The van der Waals surface area contributed by atoms with Gasteiger partial charge in [0.25, 0.3) is 0 Å². The number of hydrogen-bond acceptors (Lipinski definition) is 4. The number of nitrogens with one attached hydrogen (secondary N) is 1. The lowest BCUT2D eigenvalue weighted by atomic mass is 10.0. The third-order valence-corrected chi connectivity index (χ3v) is 6.26. The van der Waals surface area contributed by atoms with Gasteiger partial charge < -0.3 is 4.57 Å². The highest BCUT2D eigenvalue weighted by Crippen LogP contribution is 2.31. The fourth-order valence-corrected chi connectivity index (χ4v) is 4.30. The number of hydrogen-bond donors (Lipinski definition) is 1. The summed E-state index contributed by atoms with van der Waals surface area (Å²) in [5, 5.41) is 28.9. The average Bonchev–Trinajstić information content (AvgIpc) is 3.09. The largest absolute Gasteiger partial charge is 0.312 e. The summed E-state index contributed by atoms with van der Waals surface area (Å²) in [6.07, 6.45) is 1.77. The maximum Gasteiger partial charge on any atom is 0.207 e. The Labute approximate surface area is 194 Å². The highest BCUT2D eigenvalue weighted by Gasteiger charge is 2.17. The van der Waals surface area contributed by atoms with Crippen molar-refractivity contribution in [2.75, 3.05) is 0 Å². The average molecular weight is 449 g/mol.